The Morgan fingerprint density at radius 2 is 2.00 bits per heavy atom. The molecular formula is C18H21N3O2S. The number of benzene rings is 1. The van der Waals surface area contributed by atoms with Gasteiger partial charge in [-0.25, -0.2) is 0 Å². The molecule has 1 unspecified atom stereocenters. The average Bonchev–Trinajstić information content (AvgIpc) is 3.16. The molecule has 2 aromatic rings. The minimum Gasteiger partial charge on any atom is -0.337 e. The highest BCUT2D eigenvalue weighted by Crippen LogP contribution is 2.21. The van der Waals surface area contributed by atoms with Gasteiger partial charge in [-0.1, -0.05) is 24.3 Å². The van der Waals surface area contributed by atoms with E-state index in [-0.39, 0.29) is 17.7 Å². The van der Waals surface area contributed by atoms with Crippen LogP contribution in [0.15, 0.2) is 47.8 Å². The number of nitrogens with one attached hydrogen (secondary N) is 1. The van der Waals surface area contributed by atoms with Gasteiger partial charge in [0.05, 0.1) is 16.5 Å². The molecule has 1 fully saturated rings. The Morgan fingerprint density at radius 1 is 1.21 bits per heavy atom. The van der Waals surface area contributed by atoms with Gasteiger partial charge in [0.2, 0.25) is 5.91 Å². The van der Waals surface area contributed by atoms with Crippen molar-refractivity contribution in [3.63, 3.8) is 0 Å². The molecule has 3 rings (SSSR count). The normalized spacial score (nSPS) is 17.4. The molecule has 2 heterocycles. The first-order chi connectivity index (χ1) is 11.6. The number of hydrogen-bond acceptors (Lipinski definition) is 4. The van der Waals surface area contributed by atoms with Crippen LogP contribution in [0, 0.1) is 5.92 Å². The summed E-state index contributed by atoms with van der Waals surface area (Å²) in [6, 6.07) is 13.4. The number of carbonyl (C=O) groups is 2. The Morgan fingerprint density at radius 3 is 2.71 bits per heavy atom. The Kier molecular flexibility index (Phi) is 5.15. The molecule has 126 valence electrons. The van der Waals surface area contributed by atoms with E-state index in [0.717, 1.165) is 30.0 Å². The molecule has 2 amide bonds. The second kappa shape index (κ2) is 7.49. The Bertz CT molecular complexity index is 688. The standard InChI is InChI=1S/C18H21N3O2S/c1-20(15-8-3-2-4-9-15)19-17(22)14-7-5-11-21(13-14)18(23)16-10-6-12-24-16/h2-4,6,8-10,12,14H,5,7,11,13H2,1H3,(H,19,22). The first kappa shape index (κ1) is 16.5. The maximum atomic E-state index is 12.5. The van der Waals surface area contributed by atoms with E-state index < -0.39 is 0 Å². The van der Waals surface area contributed by atoms with E-state index in [1.165, 1.54) is 11.3 Å². The van der Waals surface area contributed by atoms with Gasteiger partial charge >= 0.3 is 0 Å². The molecule has 0 saturated carbocycles. The molecule has 0 radical (unpaired) electrons. The zero-order chi connectivity index (χ0) is 16.9. The largest absolute Gasteiger partial charge is 0.337 e. The van der Waals surface area contributed by atoms with Crippen molar-refractivity contribution in [2.45, 2.75) is 12.8 Å². The van der Waals surface area contributed by atoms with Gasteiger partial charge in [-0.3, -0.25) is 20.0 Å². The number of carbonyl (C=O) groups excluding carboxylic acids is 2. The van der Waals surface area contributed by atoms with E-state index in [1.54, 1.807) is 9.91 Å². The van der Waals surface area contributed by atoms with Gasteiger partial charge in [-0.15, -0.1) is 11.3 Å². The van der Waals surface area contributed by atoms with E-state index in [2.05, 4.69) is 5.43 Å². The van der Waals surface area contributed by atoms with Crippen LogP contribution >= 0.6 is 11.3 Å². The minimum absolute atomic E-state index is 0.0268. The van der Waals surface area contributed by atoms with Gasteiger partial charge in [0.15, 0.2) is 0 Å². The highest BCUT2D eigenvalue weighted by molar-refractivity contribution is 7.12. The summed E-state index contributed by atoms with van der Waals surface area (Å²) in [6.45, 7) is 1.19. The van der Waals surface area contributed by atoms with Crippen LogP contribution < -0.4 is 10.4 Å². The number of para-hydroxylation sites is 1. The summed E-state index contributed by atoms with van der Waals surface area (Å²) < 4.78 is 0. The summed E-state index contributed by atoms with van der Waals surface area (Å²) in [5.74, 6) is -0.183. The van der Waals surface area contributed by atoms with Crippen LogP contribution in [-0.4, -0.2) is 36.9 Å². The number of piperidine rings is 1. The predicted octanol–water partition coefficient (Wildman–Crippen LogP) is 2.77. The van der Waals surface area contributed by atoms with Crippen LogP contribution in [0.1, 0.15) is 22.5 Å². The Hall–Kier alpha value is -2.34. The van der Waals surface area contributed by atoms with Crippen LogP contribution in [0.2, 0.25) is 0 Å². The third-order valence-electron chi connectivity index (χ3n) is 4.23. The smallest absolute Gasteiger partial charge is 0.263 e. The fourth-order valence-corrected chi connectivity index (χ4v) is 3.60. The number of hydrogen-bond donors (Lipinski definition) is 1. The first-order valence-electron chi connectivity index (χ1n) is 8.07. The molecule has 0 aliphatic carbocycles. The third-order valence-corrected chi connectivity index (χ3v) is 5.09. The lowest BCUT2D eigenvalue weighted by molar-refractivity contribution is -0.126. The van der Waals surface area contributed by atoms with Crippen LogP contribution in [0.5, 0.6) is 0 Å². The first-order valence-corrected chi connectivity index (χ1v) is 8.95. The van der Waals surface area contributed by atoms with Gasteiger partial charge < -0.3 is 4.90 Å². The third kappa shape index (κ3) is 3.76. The average molecular weight is 343 g/mol. The summed E-state index contributed by atoms with van der Waals surface area (Å²) >= 11 is 1.44. The lowest BCUT2D eigenvalue weighted by atomic mass is 9.97. The van der Waals surface area contributed by atoms with Crippen LogP contribution in [-0.2, 0) is 4.79 Å². The highest BCUT2D eigenvalue weighted by Gasteiger charge is 2.29. The fourth-order valence-electron chi connectivity index (χ4n) is 2.90. The Labute approximate surface area is 145 Å². The quantitative estimate of drug-likeness (QED) is 0.869. The van der Waals surface area contributed by atoms with Crippen molar-refractivity contribution in [2.24, 2.45) is 5.92 Å². The molecule has 1 aromatic carbocycles. The number of amides is 2. The molecule has 24 heavy (non-hydrogen) atoms. The molecule has 1 aromatic heterocycles. The molecule has 1 aliphatic heterocycles. The highest BCUT2D eigenvalue weighted by atomic mass is 32.1. The van der Waals surface area contributed by atoms with Gasteiger partial charge in [0.25, 0.3) is 5.91 Å². The van der Waals surface area contributed by atoms with E-state index >= 15 is 0 Å². The number of thiophene rings is 1. The van der Waals surface area contributed by atoms with Crippen molar-refractivity contribution >= 4 is 28.8 Å². The monoisotopic (exact) mass is 343 g/mol. The predicted molar refractivity (Wildman–Crippen MR) is 95.9 cm³/mol. The zero-order valence-corrected chi connectivity index (χ0v) is 14.5. The number of rotatable bonds is 4. The summed E-state index contributed by atoms with van der Waals surface area (Å²) in [4.78, 5) is 27.5. The second-order valence-corrected chi connectivity index (χ2v) is 6.89. The molecule has 1 saturated heterocycles. The van der Waals surface area contributed by atoms with Crippen molar-refractivity contribution < 1.29 is 9.59 Å². The molecule has 0 bridgehead atoms. The number of hydrazine groups is 1. The molecule has 1 aliphatic rings. The molecule has 1 atom stereocenters. The van der Waals surface area contributed by atoms with Gasteiger partial charge in [-0.05, 0) is 36.4 Å². The fraction of sp³-hybridized carbons (Fsp3) is 0.333. The van der Waals surface area contributed by atoms with E-state index in [1.807, 2.05) is 54.9 Å². The number of nitrogens with zero attached hydrogens (tertiary/aromatic N) is 2. The van der Waals surface area contributed by atoms with Crippen molar-refractivity contribution in [3.8, 4) is 0 Å². The molecule has 6 heteroatoms. The number of anilines is 1. The van der Waals surface area contributed by atoms with Crippen molar-refractivity contribution in [3.05, 3.63) is 52.7 Å². The second-order valence-electron chi connectivity index (χ2n) is 5.94. The van der Waals surface area contributed by atoms with Crippen molar-refractivity contribution in [1.29, 1.82) is 0 Å². The van der Waals surface area contributed by atoms with Crippen LogP contribution in [0.25, 0.3) is 0 Å². The number of likely N-dealkylation sites (tertiary alicyclic amines) is 1. The van der Waals surface area contributed by atoms with Gasteiger partial charge in [0, 0.05) is 20.1 Å². The van der Waals surface area contributed by atoms with E-state index in [4.69, 9.17) is 0 Å². The van der Waals surface area contributed by atoms with E-state index in [9.17, 15) is 9.59 Å². The van der Waals surface area contributed by atoms with Crippen molar-refractivity contribution in [1.82, 2.24) is 10.3 Å². The molecule has 1 N–H and O–H groups in total. The Balaban J connectivity index is 1.60. The minimum atomic E-state index is -0.172. The molecule has 5 nitrogen and oxygen atoms in total. The lowest BCUT2D eigenvalue weighted by Crippen LogP contribution is -2.49. The SMILES string of the molecule is CN(NC(=O)C1CCCN(C(=O)c2cccs2)C1)c1ccccc1. The summed E-state index contributed by atoms with van der Waals surface area (Å²) in [5.41, 5.74) is 3.84. The van der Waals surface area contributed by atoms with Crippen LogP contribution in [0.4, 0.5) is 5.69 Å². The topological polar surface area (TPSA) is 52.7 Å². The summed E-state index contributed by atoms with van der Waals surface area (Å²) in [6.07, 6.45) is 1.66. The van der Waals surface area contributed by atoms with E-state index in [0.29, 0.717) is 6.54 Å². The maximum Gasteiger partial charge on any atom is 0.263 e. The summed E-state index contributed by atoms with van der Waals surface area (Å²) in [5, 5.41) is 3.62. The maximum absolute atomic E-state index is 12.5. The van der Waals surface area contributed by atoms with Gasteiger partial charge in [0.1, 0.15) is 0 Å². The lowest BCUT2D eigenvalue weighted by Gasteiger charge is -2.33. The molecular weight excluding hydrogens is 322 g/mol. The zero-order valence-electron chi connectivity index (χ0n) is 13.6. The van der Waals surface area contributed by atoms with Gasteiger partial charge in [-0.2, -0.15) is 0 Å². The molecule has 0 spiro atoms. The van der Waals surface area contributed by atoms with Crippen LogP contribution in [0.3, 0.4) is 0 Å². The summed E-state index contributed by atoms with van der Waals surface area (Å²) in [7, 11) is 1.82. The van der Waals surface area contributed by atoms with Crippen molar-refractivity contribution in [2.75, 3.05) is 25.1 Å².